The Labute approximate surface area is 273 Å². The quantitative estimate of drug-likeness (QED) is 0.0775. The van der Waals surface area contributed by atoms with E-state index in [2.05, 4.69) is 10.3 Å². The molecule has 1 amide bonds. The highest BCUT2D eigenvalue weighted by molar-refractivity contribution is 5.99. The number of carboxylic acids is 2. The van der Waals surface area contributed by atoms with Crippen molar-refractivity contribution in [2.75, 3.05) is 0 Å². The van der Waals surface area contributed by atoms with Crippen LogP contribution in [0.25, 0.3) is 10.9 Å². The Kier molecular flexibility index (Phi) is 12.2. The number of alkyl halides is 6. The van der Waals surface area contributed by atoms with Crippen molar-refractivity contribution in [3.8, 4) is 0 Å². The predicted molar refractivity (Wildman–Crippen MR) is 166 cm³/mol. The van der Waals surface area contributed by atoms with Crippen molar-refractivity contribution in [2.45, 2.75) is 24.9 Å². The van der Waals surface area contributed by atoms with Crippen molar-refractivity contribution < 1.29 is 50.9 Å². The van der Waals surface area contributed by atoms with Gasteiger partial charge in [0.2, 0.25) is 0 Å². The van der Waals surface area contributed by atoms with Gasteiger partial charge in [0, 0.05) is 35.4 Å². The Balaban J connectivity index is 0.000000392. The minimum atomic E-state index is -5.08. The van der Waals surface area contributed by atoms with E-state index in [1.165, 1.54) is 0 Å². The molecular formula is C33H27F6N5O5. The molecule has 6 N–H and O–H groups in total. The monoisotopic (exact) mass is 687 g/mol. The van der Waals surface area contributed by atoms with Gasteiger partial charge in [0.25, 0.3) is 5.91 Å². The average Bonchev–Trinajstić information content (AvgIpc) is 3.42. The Morgan fingerprint density at radius 2 is 1.31 bits per heavy atom. The normalized spacial score (nSPS) is 11.6. The number of hydrogen-bond acceptors (Lipinski definition) is 5. The SMILES string of the molecule is N=C(N)c1cccc(Cn2c(C(=O)NC(c3ccccc3)c3ccncc3)cc3ccccc32)c1.O=C(O)C(F)(F)F.O=C(O)C(F)(F)F. The van der Waals surface area contributed by atoms with Gasteiger partial charge in [-0.3, -0.25) is 15.2 Å². The number of carbonyl (C=O) groups excluding carboxylic acids is 1. The van der Waals surface area contributed by atoms with Crippen LogP contribution in [0.1, 0.15) is 38.8 Å². The van der Waals surface area contributed by atoms with Crippen LogP contribution >= 0.6 is 0 Å². The van der Waals surface area contributed by atoms with E-state index in [0.717, 1.165) is 27.6 Å². The van der Waals surface area contributed by atoms with Crippen LogP contribution in [-0.4, -0.2) is 55.8 Å². The number of fused-ring (bicyclic) bond motifs is 1. The van der Waals surface area contributed by atoms with Gasteiger partial charge >= 0.3 is 24.3 Å². The second kappa shape index (κ2) is 16.1. The number of halogens is 6. The maximum atomic E-state index is 13.8. The molecule has 256 valence electrons. The fourth-order valence-corrected chi connectivity index (χ4v) is 4.35. The number of carbonyl (C=O) groups is 3. The summed E-state index contributed by atoms with van der Waals surface area (Å²) in [6, 6.07) is 30.9. The van der Waals surface area contributed by atoms with Gasteiger partial charge in [-0.05, 0) is 47.0 Å². The van der Waals surface area contributed by atoms with Crippen molar-refractivity contribution in [3.05, 3.63) is 137 Å². The van der Waals surface area contributed by atoms with Crippen LogP contribution in [-0.2, 0) is 16.1 Å². The molecule has 2 aromatic heterocycles. The molecule has 49 heavy (non-hydrogen) atoms. The fourth-order valence-electron chi connectivity index (χ4n) is 4.35. The number of nitrogens with one attached hydrogen (secondary N) is 2. The summed E-state index contributed by atoms with van der Waals surface area (Å²) in [4.78, 5) is 35.7. The maximum Gasteiger partial charge on any atom is 0.490 e. The van der Waals surface area contributed by atoms with E-state index in [1.807, 2.05) is 102 Å². The third-order valence-electron chi connectivity index (χ3n) is 6.55. The van der Waals surface area contributed by atoms with Crippen LogP contribution in [0.2, 0.25) is 0 Å². The van der Waals surface area contributed by atoms with Crippen LogP contribution in [0.15, 0.2) is 109 Å². The molecule has 5 aromatic rings. The van der Waals surface area contributed by atoms with Crippen LogP contribution in [0, 0.1) is 5.41 Å². The Hall–Kier alpha value is -6.19. The van der Waals surface area contributed by atoms with E-state index in [4.69, 9.17) is 30.9 Å². The molecule has 0 aliphatic heterocycles. The number of nitrogens with two attached hydrogens (primary N) is 1. The first kappa shape index (κ1) is 37.3. The van der Waals surface area contributed by atoms with E-state index in [1.54, 1.807) is 12.4 Å². The standard InChI is InChI=1S/C29H25N5O.2C2HF3O2/c30-28(31)24-11-6-7-20(17-24)19-34-25-12-5-4-10-23(25)18-26(34)29(35)33-27(21-8-2-1-3-9-21)22-13-15-32-16-14-22;2*3-2(4,5)1(6)7/h1-18,27H,19H2,(H3,30,31)(H,33,35);2*(H,6,7). The fraction of sp³-hybridized carbons (Fsp3) is 0.121. The molecule has 0 bridgehead atoms. The van der Waals surface area contributed by atoms with Gasteiger partial charge < -0.3 is 25.8 Å². The van der Waals surface area contributed by atoms with Gasteiger partial charge in [0.1, 0.15) is 11.5 Å². The van der Waals surface area contributed by atoms with Gasteiger partial charge in [-0.2, -0.15) is 26.3 Å². The Morgan fingerprint density at radius 3 is 1.86 bits per heavy atom. The predicted octanol–water partition coefficient (Wildman–Crippen LogP) is 6.15. The first-order valence-corrected chi connectivity index (χ1v) is 13.9. The van der Waals surface area contributed by atoms with Crippen LogP contribution in [0.5, 0.6) is 0 Å². The van der Waals surface area contributed by atoms with Crippen molar-refractivity contribution in [1.29, 1.82) is 5.41 Å². The molecule has 0 aliphatic carbocycles. The average molecular weight is 688 g/mol. The Bertz CT molecular complexity index is 1850. The number of rotatable bonds is 7. The van der Waals surface area contributed by atoms with E-state index >= 15 is 0 Å². The molecule has 1 atom stereocenters. The molecule has 5 rings (SSSR count). The molecule has 1 unspecified atom stereocenters. The molecule has 0 saturated carbocycles. The highest BCUT2D eigenvalue weighted by Gasteiger charge is 2.38. The lowest BCUT2D eigenvalue weighted by Crippen LogP contribution is -2.31. The number of amides is 1. The molecule has 16 heteroatoms. The zero-order valence-electron chi connectivity index (χ0n) is 25.0. The minimum Gasteiger partial charge on any atom is -0.475 e. The van der Waals surface area contributed by atoms with Crippen molar-refractivity contribution >= 4 is 34.6 Å². The van der Waals surface area contributed by atoms with E-state index in [0.29, 0.717) is 17.8 Å². The highest BCUT2D eigenvalue weighted by Crippen LogP contribution is 2.25. The molecule has 3 aromatic carbocycles. The summed E-state index contributed by atoms with van der Waals surface area (Å²) in [5.74, 6) is -5.67. The van der Waals surface area contributed by atoms with Gasteiger partial charge in [0.05, 0.1) is 6.04 Å². The molecule has 0 saturated heterocycles. The molecule has 0 radical (unpaired) electrons. The maximum absolute atomic E-state index is 13.8. The summed E-state index contributed by atoms with van der Waals surface area (Å²) in [6.07, 6.45) is -6.70. The van der Waals surface area contributed by atoms with Crippen molar-refractivity contribution in [2.24, 2.45) is 5.73 Å². The highest BCUT2D eigenvalue weighted by atomic mass is 19.4. The number of pyridine rings is 1. The van der Waals surface area contributed by atoms with Crippen LogP contribution < -0.4 is 11.1 Å². The van der Waals surface area contributed by atoms with Gasteiger partial charge in [0.15, 0.2) is 0 Å². The number of nitrogen functional groups attached to an aromatic ring is 1. The molecule has 2 heterocycles. The Morgan fingerprint density at radius 1 is 0.776 bits per heavy atom. The topological polar surface area (TPSA) is 171 Å². The number of aromatic nitrogens is 2. The van der Waals surface area contributed by atoms with E-state index < -0.39 is 24.3 Å². The minimum absolute atomic E-state index is 0.0187. The first-order valence-electron chi connectivity index (χ1n) is 13.9. The summed E-state index contributed by atoms with van der Waals surface area (Å²) in [6.45, 7) is 0.475. The number of benzene rings is 3. The van der Waals surface area contributed by atoms with Crippen LogP contribution in [0.4, 0.5) is 26.3 Å². The van der Waals surface area contributed by atoms with Crippen LogP contribution in [0.3, 0.4) is 0 Å². The summed E-state index contributed by atoms with van der Waals surface area (Å²) >= 11 is 0. The van der Waals surface area contributed by atoms with Crippen molar-refractivity contribution in [1.82, 2.24) is 14.9 Å². The zero-order chi connectivity index (χ0) is 36.4. The summed E-state index contributed by atoms with van der Waals surface area (Å²) < 4.78 is 65.5. The van der Waals surface area contributed by atoms with Gasteiger partial charge in [-0.25, -0.2) is 9.59 Å². The molecular weight excluding hydrogens is 660 g/mol. The number of hydrogen-bond donors (Lipinski definition) is 5. The molecule has 10 nitrogen and oxygen atoms in total. The molecule has 0 aliphatic rings. The van der Waals surface area contributed by atoms with Gasteiger partial charge in [-0.15, -0.1) is 0 Å². The largest absolute Gasteiger partial charge is 0.490 e. The number of aliphatic carboxylic acids is 2. The number of nitrogens with zero attached hydrogens (tertiary/aromatic N) is 2. The third-order valence-corrected chi connectivity index (χ3v) is 6.55. The van der Waals surface area contributed by atoms with E-state index in [9.17, 15) is 31.1 Å². The molecule has 0 fully saturated rings. The van der Waals surface area contributed by atoms with E-state index in [-0.39, 0.29) is 17.8 Å². The lowest BCUT2D eigenvalue weighted by Gasteiger charge is -2.20. The van der Waals surface area contributed by atoms with Gasteiger partial charge in [-0.1, -0.05) is 66.7 Å². The third kappa shape index (κ3) is 10.7. The van der Waals surface area contributed by atoms with Crippen molar-refractivity contribution in [3.63, 3.8) is 0 Å². The molecule has 0 spiro atoms. The smallest absolute Gasteiger partial charge is 0.475 e. The summed E-state index contributed by atoms with van der Waals surface area (Å²) in [5, 5.41) is 26.2. The number of carboxylic acid groups (broad SMARTS) is 2. The lowest BCUT2D eigenvalue weighted by molar-refractivity contribution is -0.193. The second-order valence-electron chi connectivity index (χ2n) is 9.99. The zero-order valence-corrected chi connectivity index (χ0v) is 25.0. The summed E-state index contributed by atoms with van der Waals surface area (Å²) in [7, 11) is 0. The second-order valence-corrected chi connectivity index (χ2v) is 9.99. The number of para-hydroxylation sites is 1. The lowest BCUT2D eigenvalue weighted by atomic mass is 9.99. The number of amidine groups is 1. The summed E-state index contributed by atoms with van der Waals surface area (Å²) in [5.41, 5.74) is 10.8. The first-order chi connectivity index (χ1) is 23.0.